The van der Waals surface area contributed by atoms with E-state index in [4.69, 9.17) is 4.74 Å². The minimum Gasteiger partial charge on any atom is -0.465 e. The molecule has 0 radical (unpaired) electrons. The molecule has 0 N–H and O–H groups in total. The molecule has 0 aromatic rings. The van der Waals surface area contributed by atoms with Crippen LogP contribution in [0.3, 0.4) is 0 Å². The van der Waals surface area contributed by atoms with Crippen LogP contribution < -0.4 is 0 Å². The molecule has 0 rings (SSSR count). The van der Waals surface area contributed by atoms with E-state index in [0.29, 0.717) is 18.9 Å². The van der Waals surface area contributed by atoms with Crippen LogP contribution in [-0.2, 0) is 9.53 Å². The van der Waals surface area contributed by atoms with Crippen LogP contribution >= 0.6 is 0 Å². The summed E-state index contributed by atoms with van der Waals surface area (Å²) in [5.74, 6) is 1.52. The van der Waals surface area contributed by atoms with Crippen molar-refractivity contribution in [2.24, 2.45) is 11.8 Å². The van der Waals surface area contributed by atoms with Crippen LogP contribution in [0.15, 0.2) is 0 Å². The summed E-state index contributed by atoms with van der Waals surface area (Å²) in [5.41, 5.74) is 0. The minimum absolute atomic E-state index is 0.0192. The van der Waals surface area contributed by atoms with Gasteiger partial charge < -0.3 is 4.74 Å². The van der Waals surface area contributed by atoms with E-state index in [1.165, 1.54) is 109 Å². The Morgan fingerprint density at radius 2 is 1.03 bits per heavy atom. The summed E-state index contributed by atoms with van der Waals surface area (Å²) in [5, 5.41) is 0. The van der Waals surface area contributed by atoms with Gasteiger partial charge in [-0.15, -0.1) is 0 Å². The highest BCUT2D eigenvalue weighted by Gasteiger charge is 2.10. The summed E-state index contributed by atoms with van der Waals surface area (Å²) in [6, 6.07) is 0. The summed E-state index contributed by atoms with van der Waals surface area (Å²) < 4.78 is 5.50. The van der Waals surface area contributed by atoms with Gasteiger partial charge in [0.1, 0.15) is 0 Å². The molecule has 0 aliphatic carbocycles. The molecule has 0 amide bonds. The number of carbonyl (C=O) groups is 1. The number of hydrogen-bond acceptors (Lipinski definition) is 2. The molecular weight excluding hydrogens is 368 g/mol. The van der Waals surface area contributed by atoms with E-state index in [1.807, 2.05) is 0 Å². The summed E-state index contributed by atoms with van der Waals surface area (Å²) >= 11 is 0. The Morgan fingerprint density at radius 1 is 0.567 bits per heavy atom. The fourth-order valence-electron chi connectivity index (χ4n) is 4.36. The predicted molar refractivity (Wildman–Crippen MR) is 133 cm³/mol. The summed E-state index contributed by atoms with van der Waals surface area (Å²) in [7, 11) is 0. The van der Waals surface area contributed by atoms with Gasteiger partial charge in [-0.2, -0.15) is 0 Å². The van der Waals surface area contributed by atoms with Crippen LogP contribution in [0.1, 0.15) is 156 Å². The highest BCUT2D eigenvalue weighted by atomic mass is 16.5. The first-order chi connectivity index (χ1) is 14.7. The molecule has 0 saturated carbocycles. The highest BCUT2D eigenvalue weighted by Crippen LogP contribution is 2.22. The molecule has 2 heteroatoms. The monoisotopic (exact) mass is 424 g/mol. The maximum absolute atomic E-state index is 11.9. The first kappa shape index (κ1) is 29.5. The average Bonchev–Trinajstić information content (AvgIpc) is 2.76. The van der Waals surface area contributed by atoms with E-state index >= 15 is 0 Å². The normalized spacial score (nSPS) is 13.3. The summed E-state index contributed by atoms with van der Waals surface area (Å²) in [6.45, 7) is 9.70. The maximum Gasteiger partial charge on any atom is 0.305 e. The molecule has 0 spiro atoms. The van der Waals surface area contributed by atoms with Gasteiger partial charge in [0, 0.05) is 6.42 Å². The van der Waals surface area contributed by atoms with Gasteiger partial charge in [-0.3, -0.25) is 4.79 Å². The van der Waals surface area contributed by atoms with Gasteiger partial charge in [-0.25, -0.2) is 0 Å². The van der Waals surface area contributed by atoms with Gasteiger partial charge >= 0.3 is 5.97 Å². The Bertz CT molecular complexity index is 353. The van der Waals surface area contributed by atoms with E-state index in [1.54, 1.807) is 0 Å². The largest absolute Gasteiger partial charge is 0.465 e. The highest BCUT2D eigenvalue weighted by molar-refractivity contribution is 5.69. The van der Waals surface area contributed by atoms with Crippen molar-refractivity contribution >= 4 is 5.97 Å². The fraction of sp³-hybridized carbons (Fsp3) is 0.964. The van der Waals surface area contributed by atoms with E-state index in [-0.39, 0.29) is 5.97 Å². The quantitative estimate of drug-likeness (QED) is 0.120. The van der Waals surface area contributed by atoms with Crippen LogP contribution in [0, 0.1) is 11.8 Å². The third-order valence-corrected chi connectivity index (χ3v) is 6.81. The Balaban J connectivity index is 3.53. The van der Waals surface area contributed by atoms with E-state index in [2.05, 4.69) is 27.7 Å². The SMILES string of the molecule is CCCCCCCCCC(CC)CCCCCCCC(=O)OCC(CC)CCCC. The molecule has 0 fully saturated rings. The smallest absolute Gasteiger partial charge is 0.305 e. The van der Waals surface area contributed by atoms with Gasteiger partial charge in [0.25, 0.3) is 0 Å². The second-order valence-corrected chi connectivity index (χ2v) is 9.59. The Kier molecular flexibility index (Phi) is 22.7. The van der Waals surface area contributed by atoms with Crippen LogP contribution in [-0.4, -0.2) is 12.6 Å². The average molecular weight is 425 g/mol. The van der Waals surface area contributed by atoms with Gasteiger partial charge in [-0.05, 0) is 24.7 Å². The summed E-state index contributed by atoms with van der Waals surface area (Å²) in [4.78, 5) is 11.9. The molecule has 2 nitrogen and oxygen atoms in total. The third kappa shape index (κ3) is 19.4. The predicted octanol–water partition coefficient (Wildman–Crippen LogP) is 9.64. The molecule has 0 aliphatic heterocycles. The third-order valence-electron chi connectivity index (χ3n) is 6.81. The zero-order valence-electron chi connectivity index (χ0n) is 21.3. The van der Waals surface area contributed by atoms with Gasteiger partial charge in [-0.1, -0.05) is 137 Å². The molecule has 0 aromatic heterocycles. The van der Waals surface area contributed by atoms with Gasteiger partial charge in [0.2, 0.25) is 0 Å². The molecule has 0 heterocycles. The van der Waals surface area contributed by atoms with Crippen molar-refractivity contribution in [2.45, 2.75) is 156 Å². The zero-order chi connectivity index (χ0) is 22.3. The number of rotatable bonds is 23. The molecule has 180 valence electrons. The van der Waals surface area contributed by atoms with Crippen molar-refractivity contribution < 1.29 is 9.53 Å². The zero-order valence-corrected chi connectivity index (χ0v) is 21.3. The van der Waals surface area contributed by atoms with Crippen LogP contribution in [0.4, 0.5) is 0 Å². The first-order valence-electron chi connectivity index (χ1n) is 13.8. The molecule has 0 bridgehead atoms. The second-order valence-electron chi connectivity index (χ2n) is 9.59. The molecule has 0 saturated heterocycles. The number of carbonyl (C=O) groups excluding carboxylic acids is 1. The molecule has 0 aromatic carbocycles. The van der Waals surface area contributed by atoms with Crippen molar-refractivity contribution in [1.29, 1.82) is 0 Å². The molecule has 0 aliphatic rings. The van der Waals surface area contributed by atoms with E-state index in [9.17, 15) is 4.79 Å². The van der Waals surface area contributed by atoms with E-state index < -0.39 is 0 Å². The molecular formula is C28H56O2. The Morgan fingerprint density at radius 3 is 1.57 bits per heavy atom. The van der Waals surface area contributed by atoms with Crippen LogP contribution in [0.5, 0.6) is 0 Å². The lowest BCUT2D eigenvalue weighted by molar-refractivity contribution is -0.145. The van der Waals surface area contributed by atoms with Gasteiger partial charge in [0.15, 0.2) is 0 Å². The maximum atomic E-state index is 11.9. The van der Waals surface area contributed by atoms with Gasteiger partial charge in [0.05, 0.1) is 6.61 Å². The van der Waals surface area contributed by atoms with Crippen molar-refractivity contribution in [1.82, 2.24) is 0 Å². The van der Waals surface area contributed by atoms with Crippen LogP contribution in [0.2, 0.25) is 0 Å². The summed E-state index contributed by atoms with van der Waals surface area (Å²) in [6.07, 6.45) is 25.7. The Labute approximate surface area is 190 Å². The lowest BCUT2D eigenvalue weighted by Gasteiger charge is -2.15. The topological polar surface area (TPSA) is 26.3 Å². The lowest BCUT2D eigenvalue weighted by Crippen LogP contribution is -2.13. The number of esters is 1. The standard InChI is InChI=1S/C28H56O2/c1-5-9-11-12-13-15-18-22-26(7-3)23-19-16-14-17-20-24-28(29)30-25-27(8-4)21-10-6-2/h26-27H,5-25H2,1-4H3. The van der Waals surface area contributed by atoms with E-state index in [0.717, 1.165) is 18.8 Å². The van der Waals surface area contributed by atoms with Crippen molar-refractivity contribution in [2.75, 3.05) is 6.61 Å². The molecule has 2 atom stereocenters. The van der Waals surface area contributed by atoms with Crippen LogP contribution in [0.25, 0.3) is 0 Å². The van der Waals surface area contributed by atoms with Crippen molar-refractivity contribution in [3.8, 4) is 0 Å². The fourth-order valence-corrected chi connectivity index (χ4v) is 4.36. The molecule has 2 unspecified atom stereocenters. The first-order valence-corrected chi connectivity index (χ1v) is 13.8. The number of hydrogen-bond donors (Lipinski definition) is 0. The number of ether oxygens (including phenoxy) is 1. The van der Waals surface area contributed by atoms with Crippen molar-refractivity contribution in [3.05, 3.63) is 0 Å². The Hall–Kier alpha value is -0.530. The lowest BCUT2D eigenvalue weighted by atomic mass is 9.92. The minimum atomic E-state index is 0.0192. The van der Waals surface area contributed by atoms with Crippen molar-refractivity contribution in [3.63, 3.8) is 0 Å². The number of unbranched alkanes of at least 4 members (excludes halogenated alkanes) is 11. The second kappa shape index (κ2) is 23.1. The molecule has 30 heavy (non-hydrogen) atoms.